The highest BCUT2D eigenvalue weighted by Gasteiger charge is 2.06. The topological polar surface area (TPSA) is 42.7 Å². The number of aryl methyl sites for hydroxylation is 1. The first kappa shape index (κ1) is 11.2. The summed E-state index contributed by atoms with van der Waals surface area (Å²) in [6.07, 6.45) is 4.65. The predicted octanol–water partition coefficient (Wildman–Crippen LogP) is 2.68. The Hall–Kier alpha value is -1.88. The maximum atomic E-state index is 4.37. The standard InChI is InChI=1S/C13H14N4S/c1-17-9-16-12-11(17)5-7-15-13(12)14-6-4-10-3-2-8-18-10/h2-3,5,7-9H,4,6H2,1H3,(H,14,15). The number of thiophene rings is 1. The zero-order valence-electron chi connectivity index (χ0n) is 10.1. The van der Waals surface area contributed by atoms with Crippen molar-refractivity contribution in [2.45, 2.75) is 6.42 Å². The molecule has 0 aromatic carbocycles. The zero-order valence-corrected chi connectivity index (χ0v) is 10.9. The highest BCUT2D eigenvalue weighted by Crippen LogP contribution is 2.18. The average molecular weight is 258 g/mol. The molecule has 3 rings (SSSR count). The molecule has 3 aromatic rings. The lowest BCUT2D eigenvalue weighted by atomic mass is 10.3. The molecule has 0 aliphatic heterocycles. The molecule has 3 heterocycles. The van der Waals surface area contributed by atoms with Crippen molar-refractivity contribution >= 4 is 28.2 Å². The van der Waals surface area contributed by atoms with Gasteiger partial charge in [0, 0.05) is 24.7 Å². The number of fused-ring (bicyclic) bond motifs is 1. The van der Waals surface area contributed by atoms with Crippen LogP contribution in [-0.2, 0) is 13.5 Å². The largest absolute Gasteiger partial charge is 0.368 e. The van der Waals surface area contributed by atoms with Crippen LogP contribution in [0, 0.1) is 0 Å². The highest BCUT2D eigenvalue weighted by atomic mass is 32.1. The molecule has 0 atom stereocenters. The molecule has 0 fully saturated rings. The van der Waals surface area contributed by atoms with E-state index in [4.69, 9.17) is 0 Å². The van der Waals surface area contributed by atoms with Gasteiger partial charge in [0.15, 0.2) is 5.82 Å². The number of pyridine rings is 1. The quantitative estimate of drug-likeness (QED) is 0.782. The van der Waals surface area contributed by atoms with Crippen molar-refractivity contribution in [2.24, 2.45) is 7.05 Å². The zero-order chi connectivity index (χ0) is 12.4. The van der Waals surface area contributed by atoms with E-state index in [-0.39, 0.29) is 0 Å². The lowest BCUT2D eigenvalue weighted by molar-refractivity contribution is 0.947. The summed E-state index contributed by atoms with van der Waals surface area (Å²) in [5.41, 5.74) is 2.04. The summed E-state index contributed by atoms with van der Waals surface area (Å²) in [6, 6.07) is 6.21. The highest BCUT2D eigenvalue weighted by molar-refractivity contribution is 7.09. The Morgan fingerprint density at radius 1 is 1.33 bits per heavy atom. The van der Waals surface area contributed by atoms with Crippen LogP contribution in [0.1, 0.15) is 4.88 Å². The van der Waals surface area contributed by atoms with Gasteiger partial charge >= 0.3 is 0 Å². The summed E-state index contributed by atoms with van der Waals surface area (Å²) < 4.78 is 2.00. The number of hydrogen-bond donors (Lipinski definition) is 1. The lowest BCUT2D eigenvalue weighted by Crippen LogP contribution is -2.06. The van der Waals surface area contributed by atoms with E-state index in [1.54, 1.807) is 11.3 Å². The summed E-state index contributed by atoms with van der Waals surface area (Å²) in [4.78, 5) is 10.1. The van der Waals surface area contributed by atoms with Gasteiger partial charge in [-0.2, -0.15) is 0 Å². The molecule has 92 valence electrons. The second kappa shape index (κ2) is 4.78. The fraction of sp³-hybridized carbons (Fsp3) is 0.231. The number of aromatic nitrogens is 3. The number of rotatable bonds is 4. The first-order valence-electron chi connectivity index (χ1n) is 5.87. The molecular formula is C13H14N4S. The Morgan fingerprint density at radius 3 is 3.11 bits per heavy atom. The molecule has 0 bridgehead atoms. The third-order valence-electron chi connectivity index (χ3n) is 2.89. The molecule has 0 saturated heterocycles. The van der Waals surface area contributed by atoms with Gasteiger partial charge in [-0.3, -0.25) is 0 Å². The summed E-state index contributed by atoms with van der Waals surface area (Å²) in [6.45, 7) is 0.878. The first-order valence-corrected chi connectivity index (χ1v) is 6.75. The van der Waals surface area contributed by atoms with Crippen molar-refractivity contribution in [1.29, 1.82) is 0 Å². The van der Waals surface area contributed by atoms with Gasteiger partial charge in [-0.1, -0.05) is 6.07 Å². The van der Waals surface area contributed by atoms with E-state index >= 15 is 0 Å². The van der Waals surface area contributed by atoms with E-state index in [1.807, 2.05) is 30.2 Å². The molecule has 18 heavy (non-hydrogen) atoms. The molecule has 0 aliphatic carbocycles. The molecule has 3 aromatic heterocycles. The van der Waals surface area contributed by atoms with E-state index in [0.29, 0.717) is 0 Å². The number of anilines is 1. The maximum Gasteiger partial charge on any atom is 0.154 e. The molecule has 0 radical (unpaired) electrons. The van der Waals surface area contributed by atoms with Crippen LogP contribution in [0.5, 0.6) is 0 Å². The second-order valence-corrected chi connectivity index (χ2v) is 5.17. The third-order valence-corrected chi connectivity index (χ3v) is 3.82. The smallest absolute Gasteiger partial charge is 0.154 e. The van der Waals surface area contributed by atoms with Crippen LogP contribution in [0.25, 0.3) is 11.0 Å². The van der Waals surface area contributed by atoms with Crippen LogP contribution >= 0.6 is 11.3 Å². The predicted molar refractivity (Wildman–Crippen MR) is 75.0 cm³/mol. The fourth-order valence-corrected chi connectivity index (χ4v) is 2.66. The summed E-state index contributed by atoms with van der Waals surface area (Å²) in [5.74, 6) is 0.865. The molecule has 0 spiro atoms. The minimum absolute atomic E-state index is 0.865. The van der Waals surface area contributed by atoms with E-state index in [2.05, 4.69) is 32.8 Å². The van der Waals surface area contributed by atoms with Gasteiger partial charge in [0.2, 0.25) is 0 Å². The Balaban J connectivity index is 1.74. The van der Waals surface area contributed by atoms with Crippen LogP contribution in [0.3, 0.4) is 0 Å². The van der Waals surface area contributed by atoms with Gasteiger partial charge in [-0.05, 0) is 23.9 Å². The maximum absolute atomic E-state index is 4.37. The normalized spacial score (nSPS) is 10.9. The van der Waals surface area contributed by atoms with Crippen LogP contribution in [0.4, 0.5) is 5.82 Å². The van der Waals surface area contributed by atoms with Crippen molar-refractivity contribution < 1.29 is 0 Å². The van der Waals surface area contributed by atoms with Gasteiger partial charge in [0.1, 0.15) is 5.52 Å². The van der Waals surface area contributed by atoms with E-state index in [9.17, 15) is 0 Å². The number of imidazole rings is 1. The number of nitrogens with one attached hydrogen (secondary N) is 1. The van der Waals surface area contributed by atoms with Crippen molar-refractivity contribution in [2.75, 3.05) is 11.9 Å². The SMILES string of the molecule is Cn1cnc2c(NCCc3cccs3)nccc21. The number of hydrogen-bond acceptors (Lipinski definition) is 4. The Bertz CT molecular complexity index is 642. The molecule has 5 heteroatoms. The van der Waals surface area contributed by atoms with Gasteiger partial charge < -0.3 is 9.88 Å². The van der Waals surface area contributed by atoms with Crippen molar-refractivity contribution in [3.63, 3.8) is 0 Å². The van der Waals surface area contributed by atoms with Crippen LogP contribution in [-0.4, -0.2) is 21.1 Å². The van der Waals surface area contributed by atoms with E-state index < -0.39 is 0 Å². The Labute approximate surface area is 109 Å². The molecule has 4 nitrogen and oxygen atoms in total. The molecule has 1 N–H and O–H groups in total. The van der Waals surface area contributed by atoms with E-state index in [0.717, 1.165) is 29.8 Å². The molecule has 0 aliphatic rings. The summed E-state index contributed by atoms with van der Waals surface area (Å²) in [7, 11) is 1.99. The molecule has 0 unspecified atom stereocenters. The first-order chi connectivity index (χ1) is 8.84. The van der Waals surface area contributed by atoms with Crippen molar-refractivity contribution in [1.82, 2.24) is 14.5 Å². The van der Waals surface area contributed by atoms with E-state index in [1.165, 1.54) is 4.88 Å². The number of nitrogens with zero attached hydrogens (tertiary/aromatic N) is 3. The van der Waals surface area contributed by atoms with Gasteiger partial charge in [-0.15, -0.1) is 11.3 Å². The van der Waals surface area contributed by atoms with Gasteiger partial charge in [0.05, 0.1) is 11.8 Å². The fourth-order valence-electron chi connectivity index (χ4n) is 1.95. The lowest BCUT2D eigenvalue weighted by Gasteiger charge is -2.05. The molecule has 0 amide bonds. The minimum Gasteiger partial charge on any atom is -0.368 e. The second-order valence-electron chi connectivity index (χ2n) is 4.14. The summed E-state index contributed by atoms with van der Waals surface area (Å²) >= 11 is 1.79. The summed E-state index contributed by atoms with van der Waals surface area (Å²) in [5, 5.41) is 5.46. The minimum atomic E-state index is 0.865. The van der Waals surface area contributed by atoms with Crippen LogP contribution in [0.15, 0.2) is 36.1 Å². The van der Waals surface area contributed by atoms with Crippen LogP contribution in [0.2, 0.25) is 0 Å². The monoisotopic (exact) mass is 258 g/mol. The molecular weight excluding hydrogens is 244 g/mol. The van der Waals surface area contributed by atoms with Crippen molar-refractivity contribution in [3.8, 4) is 0 Å². The van der Waals surface area contributed by atoms with Crippen LogP contribution < -0.4 is 5.32 Å². The molecule has 0 saturated carbocycles. The Kier molecular flexibility index (Phi) is 2.98. The van der Waals surface area contributed by atoms with Crippen molar-refractivity contribution in [3.05, 3.63) is 41.0 Å². The Morgan fingerprint density at radius 2 is 2.28 bits per heavy atom. The average Bonchev–Trinajstić information content (AvgIpc) is 3.01. The van der Waals surface area contributed by atoms with Gasteiger partial charge in [-0.25, -0.2) is 9.97 Å². The van der Waals surface area contributed by atoms with Gasteiger partial charge in [0.25, 0.3) is 0 Å². The third kappa shape index (κ3) is 2.09.